The summed E-state index contributed by atoms with van der Waals surface area (Å²) in [6.45, 7) is 8.74. The highest BCUT2D eigenvalue weighted by atomic mass is 32.2. The highest BCUT2D eigenvalue weighted by Crippen LogP contribution is 2.37. The number of nitrogens with two attached hydrogens (primary N) is 1. The fraction of sp³-hybridized carbons (Fsp3) is 0.647. The molecule has 0 amide bonds. The molecule has 2 N–H and O–H groups in total. The van der Waals surface area contributed by atoms with Crippen molar-refractivity contribution in [3.63, 3.8) is 0 Å². The van der Waals surface area contributed by atoms with Gasteiger partial charge < -0.3 is 5.73 Å². The van der Waals surface area contributed by atoms with Crippen molar-refractivity contribution < 1.29 is 4.21 Å². The molecule has 3 heteroatoms. The van der Waals surface area contributed by atoms with E-state index in [9.17, 15) is 4.21 Å². The van der Waals surface area contributed by atoms with Crippen LogP contribution in [0.5, 0.6) is 0 Å². The van der Waals surface area contributed by atoms with E-state index in [1.54, 1.807) is 0 Å². The van der Waals surface area contributed by atoms with Gasteiger partial charge in [-0.25, -0.2) is 0 Å². The maximum atomic E-state index is 12.8. The second-order valence-corrected chi connectivity index (χ2v) is 8.64. The Morgan fingerprint density at radius 3 is 2.40 bits per heavy atom. The monoisotopic (exact) mass is 293 g/mol. The average Bonchev–Trinajstić information content (AvgIpc) is 2.41. The van der Waals surface area contributed by atoms with Gasteiger partial charge in [0.15, 0.2) is 0 Å². The van der Waals surface area contributed by atoms with Crippen molar-refractivity contribution in [3.8, 4) is 0 Å². The lowest BCUT2D eigenvalue weighted by Crippen LogP contribution is -2.51. The fourth-order valence-corrected chi connectivity index (χ4v) is 4.78. The van der Waals surface area contributed by atoms with Gasteiger partial charge in [-0.05, 0) is 41.9 Å². The lowest BCUT2D eigenvalue weighted by atomic mass is 9.73. The molecule has 0 aromatic heterocycles. The Morgan fingerprint density at radius 2 is 1.85 bits per heavy atom. The van der Waals surface area contributed by atoms with E-state index in [1.807, 2.05) is 12.1 Å². The molecule has 0 radical (unpaired) electrons. The van der Waals surface area contributed by atoms with E-state index < -0.39 is 10.8 Å². The Morgan fingerprint density at radius 1 is 1.25 bits per heavy atom. The number of hydrogen-bond acceptors (Lipinski definition) is 2. The van der Waals surface area contributed by atoms with Gasteiger partial charge in [-0.2, -0.15) is 0 Å². The molecule has 0 aliphatic heterocycles. The third-order valence-corrected chi connectivity index (χ3v) is 6.48. The summed E-state index contributed by atoms with van der Waals surface area (Å²) < 4.78 is 12.8. The van der Waals surface area contributed by atoms with Crippen LogP contribution in [0.2, 0.25) is 0 Å². The second kappa shape index (κ2) is 5.98. The Kier molecular flexibility index (Phi) is 4.70. The zero-order valence-electron chi connectivity index (χ0n) is 13.1. The van der Waals surface area contributed by atoms with E-state index >= 15 is 0 Å². The first-order chi connectivity index (χ1) is 9.33. The standard InChI is InChI=1S/C17H27NOS/c1-12(2)13-7-9-14(10-8-13)20(19)15-6-5-11-17(3,4)16(15)18/h7-10,12,15-16H,5-6,11,18H2,1-4H3. The zero-order chi connectivity index (χ0) is 14.9. The van der Waals surface area contributed by atoms with Crippen LogP contribution in [0.4, 0.5) is 0 Å². The molecular weight excluding hydrogens is 266 g/mol. The van der Waals surface area contributed by atoms with Gasteiger partial charge in [0.05, 0.1) is 16.0 Å². The van der Waals surface area contributed by atoms with Gasteiger partial charge in [0.25, 0.3) is 0 Å². The summed E-state index contributed by atoms with van der Waals surface area (Å²) in [6.07, 6.45) is 3.23. The van der Waals surface area contributed by atoms with Crippen LogP contribution >= 0.6 is 0 Å². The molecule has 3 unspecified atom stereocenters. The van der Waals surface area contributed by atoms with Crippen LogP contribution in [0.25, 0.3) is 0 Å². The van der Waals surface area contributed by atoms with E-state index in [-0.39, 0.29) is 16.7 Å². The zero-order valence-corrected chi connectivity index (χ0v) is 13.9. The number of benzene rings is 1. The molecule has 1 aliphatic rings. The van der Waals surface area contributed by atoms with Crippen molar-refractivity contribution in [1.82, 2.24) is 0 Å². The van der Waals surface area contributed by atoms with Gasteiger partial charge in [0.1, 0.15) is 0 Å². The molecule has 3 atom stereocenters. The van der Waals surface area contributed by atoms with Crippen molar-refractivity contribution in [1.29, 1.82) is 0 Å². The first-order valence-corrected chi connectivity index (χ1v) is 8.80. The normalized spacial score (nSPS) is 27.5. The summed E-state index contributed by atoms with van der Waals surface area (Å²) in [5.41, 5.74) is 7.76. The molecule has 2 nitrogen and oxygen atoms in total. The first-order valence-electron chi connectivity index (χ1n) is 7.59. The summed E-state index contributed by atoms with van der Waals surface area (Å²) in [6, 6.07) is 8.23. The summed E-state index contributed by atoms with van der Waals surface area (Å²) in [5.74, 6) is 0.508. The average molecular weight is 293 g/mol. The Labute approximate surface area is 125 Å². The molecular formula is C17H27NOS. The second-order valence-electron chi connectivity index (χ2n) is 6.97. The van der Waals surface area contributed by atoms with Crippen LogP contribution < -0.4 is 5.73 Å². The molecule has 1 fully saturated rings. The third kappa shape index (κ3) is 3.15. The number of rotatable bonds is 3. The van der Waals surface area contributed by atoms with Gasteiger partial charge in [0, 0.05) is 10.9 Å². The van der Waals surface area contributed by atoms with E-state index in [1.165, 1.54) is 5.56 Å². The molecule has 1 aromatic rings. The third-order valence-electron chi connectivity index (χ3n) is 4.67. The highest BCUT2D eigenvalue weighted by molar-refractivity contribution is 7.85. The van der Waals surface area contributed by atoms with Crippen molar-refractivity contribution in [2.45, 2.75) is 69.1 Å². The molecule has 1 aromatic carbocycles. The molecule has 0 bridgehead atoms. The van der Waals surface area contributed by atoms with Crippen molar-refractivity contribution in [2.24, 2.45) is 11.1 Å². The molecule has 20 heavy (non-hydrogen) atoms. The predicted molar refractivity (Wildman–Crippen MR) is 86.3 cm³/mol. The quantitative estimate of drug-likeness (QED) is 0.920. The Balaban J connectivity index is 2.18. The van der Waals surface area contributed by atoms with Gasteiger partial charge in [-0.1, -0.05) is 46.2 Å². The van der Waals surface area contributed by atoms with Crippen LogP contribution in [-0.2, 0) is 10.8 Å². The summed E-state index contributed by atoms with van der Waals surface area (Å²) in [7, 11) is -0.993. The van der Waals surface area contributed by atoms with Gasteiger partial charge in [-0.15, -0.1) is 0 Å². The minimum Gasteiger partial charge on any atom is -0.326 e. The largest absolute Gasteiger partial charge is 0.326 e. The molecule has 1 saturated carbocycles. The molecule has 1 aliphatic carbocycles. The van der Waals surface area contributed by atoms with E-state index in [2.05, 4.69) is 39.8 Å². The Bertz CT molecular complexity index is 478. The lowest BCUT2D eigenvalue weighted by molar-refractivity contribution is 0.206. The molecule has 2 rings (SSSR count). The van der Waals surface area contributed by atoms with E-state index in [0.29, 0.717) is 5.92 Å². The van der Waals surface area contributed by atoms with E-state index in [0.717, 1.165) is 24.2 Å². The summed E-state index contributed by atoms with van der Waals surface area (Å²) >= 11 is 0. The number of hydrogen-bond donors (Lipinski definition) is 1. The first kappa shape index (κ1) is 15.7. The summed E-state index contributed by atoms with van der Waals surface area (Å²) in [5, 5.41) is 0.0867. The van der Waals surface area contributed by atoms with Crippen LogP contribution in [-0.4, -0.2) is 15.5 Å². The lowest BCUT2D eigenvalue weighted by Gasteiger charge is -2.41. The van der Waals surface area contributed by atoms with Gasteiger partial charge in [0.2, 0.25) is 0 Å². The smallest absolute Gasteiger partial charge is 0.0576 e. The van der Waals surface area contributed by atoms with E-state index in [4.69, 9.17) is 5.73 Å². The molecule has 0 saturated heterocycles. The van der Waals surface area contributed by atoms with Crippen molar-refractivity contribution >= 4 is 10.8 Å². The highest BCUT2D eigenvalue weighted by Gasteiger charge is 2.39. The Hall–Kier alpha value is -0.670. The van der Waals surface area contributed by atoms with Crippen molar-refractivity contribution in [2.75, 3.05) is 0 Å². The van der Waals surface area contributed by atoms with Crippen molar-refractivity contribution in [3.05, 3.63) is 29.8 Å². The van der Waals surface area contributed by atoms with Gasteiger partial charge >= 0.3 is 0 Å². The molecule has 0 spiro atoms. The fourth-order valence-electron chi connectivity index (χ4n) is 3.01. The van der Waals surface area contributed by atoms with Crippen LogP contribution in [0.1, 0.15) is 58.4 Å². The van der Waals surface area contributed by atoms with Crippen LogP contribution in [0.3, 0.4) is 0 Å². The topological polar surface area (TPSA) is 43.1 Å². The molecule has 112 valence electrons. The predicted octanol–water partition coefficient (Wildman–Crippen LogP) is 3.82. The van der Waals surface area contributed by atoms with Crippen LogP contribution in [0.15, 0.2) is 29.2 Å². The summed E-state index contributed by atoms with van der Waals surface area (Å²) in [4.78, 5) is 0.924. The maximum Gasteiger partial charge on any atom is 0.0576 e. The maximum absolute atomic E-state index is 12.8. The SMILES string of the molecule is CC(C)c1ccc(S(=O)C2CCCC(C)(C)C2N)cc1. The minimum absolute atomic E-state index is 0.0156. The molecule has 0 heterocycles. The van der Waals surface area contributed by atoms with Gasteiger partial charge in [-0.3, -0.25) is 4.21 Å². The minimum atomic E-state index is -0.993. The van der Waals surface area contributed by atoms with Crippen LogP contribution in [0, 0.1) is 5.41 Å².